The van der Waals surface area contributed by atoms with E-state index in [-0.39, 0.29) is 11.9 Å². The van der Waals surface area contributed by atoms with Crippen LogP contribution in [0, 0.1) is 21.9 Å². The molecule has 1 aliphatic carbocycles. The first kappa shape index (κ1) is 21.3. The standard InChI is InChI=1S/C25H22FN5OS/c1-25(20-10-19(22(26)33-20)18-9-14(11-27)12-29-13-18)21(23(32)31(2)24(28)30-25)17-7-5-16(6-8-17)15-3-4-15/h5-10,12-13,15,21H,3-4H2,1-2H3,(H2,28,30)/t21-,25+/m0/s1. The van der Waals surface area contributed by atoms with Gasteiger partial charge in [-0.1, -0.05) is 24.3 Å². The van der Waals surface area contributed by atoms with Gasteiger partial charge < -0.3 is 5.32 Å². The van der Waals surface area contributed by atoms with Crippen molar-refractivity contribution in [3.05, 3.63) is 75.5 Å². The number of nitrogens with one attached hydrogen (secondary N) is 2. The van der Waals surface area contributed by atoms with E-state index >= 15 is 4.39 Å². The van der Waals surface area contributed by atoms with Crippen molar-refractivity contribution in [1.82, 2.24) is 15.2 Å². The van der Waals surface area contributed by atoms with Gasteiger partial charge in [-0.2, -0.15) is 9.65 Å². The second-order valence-electron chi connectivity index (χ2n) is 8.82. The van der Waals surface area contributed by atoms with Crippen LogP contribution in [0.15, 0.2) is 48.8 Å². The molecule has 1 saturated carbocycles. The summed E-state index contributed by atoms with van der Waals surface area (Å²) >= 11 is 0.943. The zero-order valence-electron chi connectivity index (χ0n) is 18.2. The van der Waals surface area contributed by atoms with Crippen LogP contribution in [0.25, 0.3) is 11.1 Å². The third-order valence-electron chi connectivity index (χ3n) is 6.56. The Bertz CT molecular complexity index is 1310. The lowest BCUT2D eigenvalue weighted by molar-refractivity contribution is -0.131. The number of pyridine rings is 1. The molecule has 0 bridgehead atoms. The highest BCUT2D eigenvalue weighted by Gasteiger charge is 2.49. The first-order chi connectivity index (χ1) is 15.8. The first-order valence-electron chi connectivity index (χ1n) is 10.7. The molecule has 2 aliphatic rings. The molecule has 2 fully saturated rings. The van der Waals surface area contributed by atoms with E-state index in [1.165, 1.54) is 35.7 Å². The Labute approximate surface area is 195 Å². The summed E-state index contributed by atoms with van der Waals surface area (Å²) in [5, 5.41) is 20.2. The molecule has 5 rings (SSSR count). The lowest BCUT2D eigenvalue weighted by Crippen LogP contribution is -2.62. The van der Waals surface area contributed by atoms with E-state index in [4.69, 9.17) is 5.41 Å². The largest absolute Gasteiger partial charge is 0.345 e. The number of nitriles is 1. The Balaban J connectivity index is 1.60. The second kappa shape index (κ2) is 7.78. The number of rotatable bonds is 4. The molecular weight excluding hydrogens is 437 g/mol. The van der Waals surface area contributed by atoms with E-state index in [9.17, 15) is 10.1 Å². The fourth-order valence-electron chi connectivity index (χ4n) is 4.48. The van der Waals surface area contributed by atoms with Gasteiger partial charge in [-0.15, -0.1) is 11.3 Å². The van der Waals surface area contributed by atoms with Gasteiger partial charge in [0.05, 0.1) is 17.0 Å². The lowest BCUT2D eigenvalue weighted by atomic mass is 9.76. The van der Waals surface area contributed by atoms with E-state index in [2.05, 4.69) is 22.4 Å². The van der Waals surface area contributed by atoms with Crippen molar-refractivity contribution in [3.8, 4) is 17.2 Å². The summed E-state index contributed by atoms with van der Waals surface area (Å²) in [6.45, 7) is 1.84. The molecule has 2 atom stereocenters. The molecule has 1 saturated heterocycles. The summed E-state index contributed by atoms with van der Waals surface area (Å²) in [5.41, 5.74) is 2.23. The molecular formula is C25H22FN5OS. The number of benzene rings is 1. The maximum Gasteiger partial charge on any atom is 0.239 e. The molecule has 1 aromatic carbocycles. The van der Waals surface area contributed by atoms with Crippen molar-refractivity contribution >= 4 is 23.2 Å². The SMILES string of the molecule is CN1C(=N)N[C@](C)(c2cc(-c3cncc(C#N)c3)c(F)s2)[C@@H](c2ccc(C3CC3)cc2)C1=O. The summed E-state index contributed by atoms with van der Waals surface area (Å²) < 4.78 is 15.1. The summed E-state index contributed by atoms with van der Waals surface area (Å²) in [6.07, 6.45) is 5.33. The van der Waals surface area contributed by atoms with Crippen molar-refractivity contribution in [2.75, 3.05) is 7.05 Å². The minimum Gasteiger partial charge on any atom is -0.345 e. The molecule has 3 aromatic rings. The van der Waals surface area contributed by atoms with Crippen molar-refractivity contribution in [1.29, 1.82) is 10.7 Å². The molecule has 1 aliphatic heterocycles. The number of guanidine groups is 1. The molecule has 2 N–H and O–H groups in total. The first-order valence-corrected chi connectivity index (χ1v) is 11.5. The number of likely N-dealkylation sites (N-methyl/N-ethyl adjacent to an activating group) is 1. The molecule has 2 aromatic heterocycles. The molecule has 166 valence electrons. The van der Waals surface area contributed by atoms with Gasteiger partial charge in [-0.25, -0.2) is 0 Å². The van der Waals surface area contributed by atoms with Gasteiger partial charge >= 0.3 is 0 Å². The van der Waals surface area contributed by atoms with Crippen LogP contribution in [0.4, 0.5) is 4.39 Å². The van der Waals surface area contributed by atoms with Gasteiger partial charge in [0.25, 0.3) is 0 Å². The monoisotopic (exact) mass is 459 g/mol. The van der Waals surface area contributed by atoms with Gasteiger partial charge in [-0.3, -0.25) is 20.1 Å². The number of nitrogens with zero attached hydrogens (tertiary/aromatic N) is 3. The van der Waals surface area contributed by atoms with Crippen molar-refractivity contribution < 1.29 is 9.18 Å². The molecule has 33 heavy (non-hydrogen) atoms. The van der Waals surface area contributed by atoms with Gasteiger partial charge in [0.15, 0.2) is 11.1 Å². The Kier molecular flexibility index (Phi) is 5.02. The van der Waals surface area contributed by atoms with Crippen LogP contribution in [0.1, 0.15) is 53.2 Å². The maximum absolute atomic E-state index is 15.1. The van der Waals surface area contributed by atoms with Crippen molar-refractivity contribution in [3.63, 3.8) is 0 Å². The number of amides is 1. The van der Waals surface area contributed by atoms with Crippen LogP contribution < -0.4 is 5.32 Å². The number of hydrogen-bond donors (Lipinski definition) is 2. The van der Waals surface area contributed by atoms with Crippen molar-refractivity contribution in [2.45, 2.75) is 37.1 Å². The van der Waals surface area contributed by atoms with E-state index < -0.39 is 16.6 Å². The van der Waals surface area contributed by atoms with E-state index in [0.717, 1.165) is 16.9 Å². The lowest BCUT2D eigenvalue weighted by Gasteiger charge is -2.45. The Morgan fingerprint density at radius 1 is 1.24 bits per heavy atom. The maximum atomic E-state index is 15.1. The van der Waals surface area contributed by atoms with Crippen LogP contribution in [0.2, 0.25) is 0 Å². The van der Waals surface area contributed by atoms with Gasteiger partial charge in [0, 0.05) is 35.4 Å². The zero-order chi connectivity index (χ0) is 23.3. The Hall–Kier alpha value is -3.57. The topological polar surface area (TPSA) is 92.9 Å². The van der Waals surface area contributed by atoms with Gasteiger partial charge in [0.1, 0.15) is 6.07 Å². The summed E-state index contributed by atoms with van der Waals surface area (Å²) in [4.78, 5) is 19.3. The smallest absolute Gasteiger partial charge is 0.239 e. The van der Waals surface area contributed by atoms with Crippen LogP contribution in [-0.4, -0.2) is 28.8 Å². The minimum atomic E-state index is -1.02. The number of halogens is 1. The van der Waals surface area contributed by atoms with E-state index in [0.29, 0.717) is 27.5 Å². The predicted molar refractivity (Wildman–Crippen MR) is 124 cm³/mol. The molecule has 1 amide bonds. The molecule has 3 heterocycles. The van der Waals surface area contributed by atoms with E-state index in [1.807, 2.05) is 25.1 Å². The zero-order valence-corrected chi connectivity index (χ0v) is 19.0. The number of thiophene rings is 1. The molecule has 0 spiro atoms. The normalized spacial score (nSPS) is 22.7. The number of carbonyl (C=O) groups excluding carboxylic acids is 1. The highest BCUT2D eigenvalue weighted by Crippen LogP contribution is 2.46. The van der Waals surface area contributed by atoms with Crippen LogP contribution >= 0.6 is 11.3 Å². The van der Waals surface area contributed by atoms with Crippen LogP contribution in [0.3, 0.4) is 0 Å². The van der Waals surface area contributed by atoms with Crippen LogP contribution in [-0.2, 0) is 10.3 Å². The van der Waals surface area contributed by atoms with Gasteiger partial charge in [-0.05, 0) is 48.9 Å². The third kappa shape index (κ3) is 3.58. The highest BCUT2D eigenvalue weighted by atomic mass is 32.1. The summed E-state index contributed by atoms with van der Waals surface area (Å²) in [7, 11) is 1.57. The van der Waals surface area contributed by atoms with Crippen LogP contribution in [0.5, 0.6) is 0 Å². The summed E-state index contributed by atoms with van der Waals surface area (Å²) in [5.74, 6) is -0.284. The quantitative estimate of drug-likeness (QED) is 0.592. The number of hydrogen-bond acceptors (Lipinski definition) is 5. The van der Waals surface area contributed by atoms with Crippen molar-refractivity contribution in [2.24, 2.45) is 0 Å². The average Bonchev–Trinajstić information content (AvgIpc) is 3.59. The molecule has 8 heteroatoms. The molecule has 0 radical (unpaired) electrons. The predicted octanol–water partition coefficient (Wildman–Crippen LogP) is 4.69. The van der Waals surface area contributed by atoms with E-state index in [1.54, 1.807) is 19.2 Å². The summed E-state index contributed by atoms with van der Waals surface area (Å²) in [6, 6.07) is 13.4. The Morgan fingerprint density at radius 3 is 2.61 bits per heavy atom. The second-order valence-corrected chi connectivity index (χ2v) is 9.82. The molecule has 0 unspecified atom stereocenters. The number of aromatic nitrogens is 1. The molecule has 6 nitrogen and oxygen atoms in total. The number of carbonyl (C=O) groups is 1. The highest BCUT2D eigenvalue weighted by molar-refractivity contribution is 7.11. The fourth-order valence-corrected chi connectivity index (χ4v) is 5.52. The third-order valence-corrected chi connectivity index (χ3v) is 7.72. The average molecular weight is 460 g/mol. The van der Waals surface area contributed by atoms with Gasteiger partial charge in [0.2, 0.25) is 5.91 Å². The Morgan fingerprint density at radius 2 is 1.94 bits per heavy atom. The fraction of sp³-hybridized carbons (Fsp3) is 0.280. The minimum absolute atomic E-state index is 0.0307.